The molecule has 4 nitrogen and oxygen atoms in total. The van der Waals surface area contributed by atoms with Crippen LogP contribution in [0.1, 0.15) is 19.8 Å². The second kappa shape index (κ2) is 4.88. The lowest BCUT2D eigenvalue weighted by molar-refractivity contribution is 0.107. The molecule has 0 spiro atoms. The first-order chi connectivity index (χ1) is 6.61. The quantitative estimate of drug-likeness (QED) is 0.791. The lowest BCUT2D eigenvalue weighted by Crippen LogP contribution is -2.13. The lowest BCUT2D eigenvalue weighted by Gasteiger charge is -2.13. The van der Waals surface area contributed by atoms with Gasteiger partial charge in [-0.05, 0) is 5.92 Å². The van der Waals surface area contributed by atoms with E-state index >= 15 is 0 Å². The highest BCUT2D eigenvalue weighted by atomic mass is 19.3. The van der Waals surface area contributed by atoms with Gasteiger partial charge < -0.3 is 5.73 Å². The van der Waals surface area contributed by atoms with E-state index in [1.54, 1.807) is 6.20 Å². The minimum Gasteiger partial charge on any atom is -0.381 e. The van der Waals surface area contributed by atoms with Crippen molar-refractivity contribution in [2.24, 2.45) is 5.92 Å². The number of alkyl halides is 2. The molecule has 0 fully saturated rings. The van der Waals surface area contributed by atoms with Gasteiger partial charge in [0.05, 0.1) is 6.20 Å². The summed E-state index contributed by atoms with van der Waals surface area (Å²) in [7, 11) is 0. The maximum absolute atomic E-state index is 12.1. The standard InChI is InChI=1S/C8H14F2N4/c1-2-6(3-7(9)10)4-14-5-8(11)12-13-14/h5-7H,2-4,11H2,1H3. The molecule has 1 aromatic heterocycles. The molecule has 0 bridgehead atoms. The van der Waals surface area contributed by atoms with Gasteiger partial charge in [0.1, 0.15) is 0 Å². The van der Waals surface area contributed by atoms with Crippen LogP contribution < -0.4 is 5.73 Å². The number of hydrogen-bond acceptors (Lipinski definition) is 3. The largest absolute Gasteiger partial charge is 0.381 e. The first-order valence-electron chi connectivity index (χ1n) is 4.55. The molecule has 1 aromatic rings. The molecule has 80 valence electrons. The van der Waals surface area contributed by atoms with Gasteiger partial charge in [0.2, 0.25) is 6.43 Å². The van der Waals surface area contributed by atoms with Crippen molar-refractivity contribution in [3.05, 3.63) is 6.20 Å². The van der Waals surface area contributed by atoms with Crippen LogP contribution in [0.3, 0.4) is 0 Å². The van der Waals surface area contributed by atoms with Gasteiger partial charge >= 0.3 is 0 Å². The fourth-order valence-corrected chi connectivity index (χ4v) is 1.29. The summed E-state index contributed by atoms with van der Waals surface area (Å²) in [5.74, 6) is 0.244. The van der Waals surface area contributed by atoms with Crippen molar-refractivity contribution in [2.45, 2.75) is 32.7 Å². The minimum absolute atomic E-state index is 0.0731. The molecule has 1 atom stereocenters. The molecule has 2 N–H and O–H groups in total. The number of halogens is 2. The van der Waals surface area contributed by atoms with Crippen LogP contribution in [0, 0.1) is 5.92 Å². The summed E-state index contributed by atoms with van der Waals surface area (Å²) in [4.78, 5) is 0. The number of nitrogens with two attached hydrogens (primary N) is 1. The second-order valence-electron chi connectivity index (χ2n) is 3.27. The number of anilines is 1. The average Bonchev–Trinajstić information content (AvgIpc) is 2.49. The summed E-state index contributed by atoms with van der Waals surface area (Å²) >= 11 is 0. The van der Waals surface area contributed by atoms with Gasteiger partial charge in [-0.25, -0.2) is 8.78 Å². The van der Waals surface area contributed by atoms with Gasteiger partial charge in [-0.1, -0.05) is 18.6 Å². The zero-order valence-corrected chi connectivity index (χ0v) is 8.03. The van der Waals surface area contributed by atoms with Crippen LogP contribution in [-0.2, 0) is 6.54 Å². The van der Waals surface area contributed by atoms with E-state index in [2.05, 4.69) is 10.3 Å². The monoisotopic (exact) mass is 204 g/mol. The van der Waals surface area contributed by atoms with Crippen molar-refractivity contribution in [2.75, 3.05) is 5.73 Å². The van der Waals surface area contributed by atoms with Crippen LogP contribution in [0.5, 0.6) is 0 Å². The summed E-state index contributed by atoms with van der Waals surface area (Å²) < 4.78 is 25.7. The molecule has 0 aliphatic carbocycles. The number of rotatable bonds is 5. The Hall–Kier alpha value is -1.20. The fraction of sp³-hybridized carbons (Fsp3) is 0.750. The van der Waals surface area contributed by atoms with Gasteiger partial charge in [0.25, 0.3) is 0 Å². The van der Waals surface area contributed by atoms with Crippen LogP contribution >= 0.6 is 0 Å². The Morgan fingerprint density at radius 2 is 2.29 bits per heavy atom. The van der Waals surface area contributed by atoms with E-state index < -0.39 is 6.43 Å². The molecule has 0 saturated carbocycles. The second-order valence-corrected chi connectivity index (χ2v) is 3.27. The van der Waals surface area contributed by atoms with Gasteiger partial charge in [-0.15, -0.1) is 5.10 Å². The predicted molar refractivity (Wildman–Crippen MR) is 48.8 cm³/mol. The SMILES string of the molecule is CCC(CC(F)F)Cn1cc(N)nn1. The Balaban J connectivity index is 2.48. The zero-order chi connectivity index (χ0) is 10.6. The number of aromatic nitrogens is 3. The number of hydrogen-bond donors (Lipinski definition) is 1. The average molecular weight is 204 g/mol. The van der Waals surface area contributed by atoms with E-state index in [-0.39, 0.29) is 12.3 Å². The molecule has 0 aliphatic heterocycles. The summed E-state index contributed by atoms with van der Waals surface area (Å²) in [6.45, 7) is 2.33. The molecule has 0 aromatic carbocycles. The summed E-state index contributed by atoms with van der Waals surface area (Å²) in [6.07, 6.45) is -0.116. The molecule has 1 unspecified atom stereocenters. The van der Waals surface area contributed by atoms with Crippen molar-refractivity contribution in [3.63, 3.8) is 0 Å². The van der Waals surface area contributed by atoms with Gasteiger partial charge in [-0.2, -0.15) is 0 Å². The fourth-order valence-electron chi connectivity index (χ4n) is 1.29. The first-order valence-corrected chi connectivity index (χ1v) is 4.55. The third-order valence-electron chi connectivity index (χ3n) is 2.09. The molecule has 0 saturated heterocycles. The van der Waals surface area contributed by atoms with E-state index in [1.807, 2.05) is 6.92 Å². The highest BCUT2D eigenvalue weighted by Gasteiger charge is 2.14. The molecule has 0 amide bonds. The molecule has 1 heterocycles. The van der Waals surface area contributed by atoms with E-state index in [4.69, 9.17) is 5.73 Å². The molecule has 14 heavy (non-hydrogen) atoms. The summed E-state index contributed by atoms with van der Waals surface area (Å²) in [6, 6.07) is 0. The van der Waals surface area contributed by atoms with Crippen molar-refractivity contribution < 1.29 is 8.78 Å². The Labute approximate surface area is 81.1 Å². The highest BCUT2D eigenvalue weighted by Crippen LogP contribution is 2.16. The summed E-state index contributed by atoms with van der Waals surface area (Å²) in [5, 5.41) is 7.29. The Kier molecular flexibility index (Phi) is 3.79. The topological polar surface area (TPSA) is 56.7 Å². The van der Waals surface area contributed by atoms with Crippen molar-refractivity contribution >= 4 is 5.82 Å². The third kappa shape index (κ3) is 3.27. The molecule has 0 radical (unpaired) electrons. The maximum Gasteiger partial charge on any atom is 0.239 e. The molecule has 1 rings (SSSR count). The van der Waals surface area contributed by atoms with Gasteiger partial charge in [-0.3, -0.25) is 4.68 Å². The van der Waals surface area contributed by atoms with Crippen LogP contribution in [0.15, 0.2) is 6.20 Å². The van der Waals surface area contributed by atoms with E-state index in [0.29, 0.717) is 18.8 Å². The zero-order valence-electron chi connectivity index (χ0n) is 8.03. The summed E-state index contributed by atoms with van der Waals surface area (Å²) in [5.41, 5.74) is 5.35. The van der Waals surface area contributed by atoms with Crippen molar-refractivity contribution in [1.29, 1.82) is 0 Å². The maximum atomic E-state index is 12.1. The van der Waals surface area contributed by atoms with E-state index in [1.165, 1.54) is 4.68 Å². The van der Waals surface area contributed by atoms with E-state index in [9.17, 15) is 8.78 Å². The van der Waals surface area contributed by atoms with Crippen LogP contribution in [0.2, 0.25) is 0 Å². The van der Waals surface area contributed by atoms with E-state index in [0.717, 1.165) is 0 Å². The Morgan fingerprint density at radius 3 is 2.71 bits per heavy atom. The number of nitrogen functional groups attached to an aromatic ring is 1. The third-order valence-corrected chi connectivity index (χ3v) is 2.09. The normalized spacial score (nSPS) is 13.4. The van der Waals surface area contributed by atoms with Crippen LogP contribution in [0.25, 0.3) is 0 Å². The van der Waals surface area contributed by atoms with Gasteiger partial charge in [0, 0.05) is 13.0 Å². The smallest absolute Gasteiger partial charge is 0.239 e. The predicted octanol–water partition coefficient (Wildman–Crippen LogP) is 1.54. The van der Waals surface area contributed by atoms with Crippen LogP contribution in [-0.4, -0.2) is 21.4 Å². The molecule has 6 heteroatoms. The molecular weight excluding hydrogens is 190 g/mol. The van der Waals surface area contributed by atoms with Crippen molar-refractivity contribution in [1.82, 2.24) is 15.0 Å². The molecular formula is C8H14F2N4. The van der Waals surface area contributed by atoms with Gasteiger partial charge in [0.15, 0.2) is 5.82 Å². The number of nitrogens with zero attached hydrogens (tertiary/aromatic N) is 3. The van der Waals surface area contributed by atoms with Crippen molar-refractivity contribution in [3.8, 4) is 0 Å². The first kappa shape index (κ1) is 10.9. The Bertz CT molecular complexity index is 274. The van der Waals surface area contributed by atoms with Crippen LogP contribution in [0.4, 0.5) is 14.6 Å². The highest BCUT2D eigenvalue weighted by molar-refractivity contribution is 5.19. The minimum atomic E-state index is -2.26. The lowest BCUT2D eigenvalue weighted by atomic mass is 10.0. The Morgan fingerprint density at radius 1 is 1.57 bits per heavy atom. The molecule has 0 aliphatic rings.